The first-order valence-electron chi connectivity index (χ1n) is 7.71. The fourth-order valence-corrected chi connectivity index (χ4v) is 3.40. The molecule has 3 aromatic rings. The first kappa shape index (κ1) is 15.5. The smallest absolute Gasteiger partial charge is 0.324 e. The highest BCUT2D eigenvalue weighted by molar-refractivity contribution is 6.94. The molecule has 0 fully saturated rings. The molecule has 0 aliphatic carbocycles. The molecular weight excluding hydrogens is 293 g/mol. The molecule has 2 nitrogen and oxygen atoms in total. The molecule has 0 unspecified atom stereocenters. The van der Waals surface area contributed by atoms with E-state index in [2.05, 4.69) is 22.6 Å². The molecule has 1 heterocycles. The van der Waals surface area contributed by atoms with Gasteiger partial charge in [-0.25, -0.2) is 13.9 Å². The number of aromatic amines is 1. The Bertz CT molecular complexity index is 778. The lowest BCUT2D eigenvalue weighted by Gasteiger charge is -2.30. The van der Waals surface area contributed by atoms with Crippen molar-refractivity contribution in [2.24, 2.45) is 0 Å². The number of hydrogen-bond acceptors (Lipinski definition) is 0. The molecule has 0 aliphatic heterocycles. The van der Waals surface area contributed by atoms with E-state index in [1.165, 1.54) is 24.3 Å². The van der Waals surface area contributed by atoms with E-state index in [4.69, 9.17) is 0 Å². The van der Waals surface area contributed by atoms with Crippen molar-refractivity contribution >= 4 is 17.2 Å². The van der Waals surface area contributed by atoms with Crippen LogP contribution in [0.3, 0.4) is 0 Å². The molecule has 1 aromatic heterocycles. The Balaban J connectivity index is 2.26. The molecule has 0 amide bonds. The molecule has 118 valence electrons. The summed E-state index contributed by atoms with van der Waals surface area (Å²) in [6.07, 6.45) is -1.42. The van der Waals surface area contributed by atoms with Gasteiger partial charge in [-0.1, -0.05) is 24.3 Å². The van der Waals surface area contributed by atoms with E-state index >= 15 is 0 Å². The van der Waals surface area contributed by atoms with Gasteiger partial charge in [-0.3, -0.25) is 0 Å². The van der Waals surface area contributed by atoms with Crippen LogP contribution in [0.1, 0.15) is 11.4 Å². The first-order valence-corrected chi connectivity index (χ1v) is 7.71. The summed E-state index contributed by atoms with van der Waals surface area (Å²) in [5.74, 6) is -0.536. The van der Waals surface area contributed by atoms with E-state index < -0.39 is 6.28 Å². The van der Waals surface area contributed by atoms with Gasteiger partial charge < -0.3 is 4.59 Å². The highest BCUT2D eigenvalue weighted by atomic mass is 19.1. The zero-order chi connectivity index (χ0) is 16.6. The number of halogens is 2. The molecular formula is C18H19BF2N2. The number of nitrogens with zero attached hydrogens (tertiary/aromatic N) is 1. The van der Waals surface area contributed by atoms with Crippen LogP contribution in [-0.2, 0) is 0 Å². The van der Waals surface area contributed by atoms with Gasteiger partial charge in [-0.2, -0.15) is 0 Å². The Morgan fingerprint density at radius 1 is 0.826 bits per heavy atom. The quantitative estimate of drug-likeness (QED) is 0.717. The Hall–Kier alpha value is -2.43. The van der Waals surface area contributed by atoms with E-state index in [9.17, 15) is 8.78 Å². The average Bonchev–Trinajstić information content (AvgIpc) is 2.87. The summed E-state index contributed by atoms with van der Waals surface area (Å²) >= 11 is 0. The number of nitrogens with one attached hydrogen (secondary N) is 1. The molecule has 3 rings (SSSR count). The standard InChI is InChI=1S/C18H19BF2N2/c1-13-12-14(2)23(22-13)19(3,15-4-8-17(20)9-5-15)16-6-10-18(21)11-7-16/h4-12,22H,1-3H3. The zero-order valence-corrected chi connectivity index (χ0v) is 13.5. The SMILES string of the molecule is Cc1cc(C)[n+]([B-](C)(c2ccc(F)cc2)c2ccc(F)cc2)[nH]1. The largest absolute Gasteiger partial charge is 0.353 e. The molecule has 0 atom stereocenters. The van der Waals surface area contributed by atoms with Crippen molar-refractivity contribution in [3.8, 4) is 0 Å². The molecule has 0 aliphatic rings. The summed E-state index contributed by atoms with van der Waals surface area (Å²) in [4.78, 5) is 0. The van der Waals surface area contributed by atoms with Crippen LogP contribution in [-0.4, -0.2) is 11.4 Å². The predicted molar refractivity (Wildman–Crippen MR) is 89.5 cm³/mol. The third kappa shape index (κ3) is 2.67. The first-order chi connectivity index (χ1) is 10.9. The summed E-state index contributed by atoms with van der Waals surface area (Å²) in [5.41, 5.74) is 4.07. The van der Waals surface area contributed by atoms with Crippen LogP contribution < -0.4 is 15.5 Å². The van der Waals surface area contributed by atoms with Gasteiger partial charge in [0.2, 0.25) is 0 Å². The van der Waals surface area contributed by atoms with Crippen LogP contribution in [0.5, 0.6) is 0 Å². The normalized spacial score (nSPS) is 11.7. The van der Waals surface area contributed by atoms with Gasteiger partial charge in [-0.15, -0.1) is 17.7 Å². The van der Waals surface area contributed by atoms with Crippen LogP contribution in [0.2, 0.25) is 6.82 Å². The number of aromatic nitrogens is 2. The van der Waals surface area contributed by atoms with E-state index in [0.29, 0.717) is 0 Å². The Labute approximate surface area is 134 Å². The maximum Gasteiger partial charge on any atom is 0.353 e. The Morgan fingerprint density at radius 2 is 1.26 bits per heavy atom. The van der Waals surface area contributed by atoms with Crippen LogP contribution in [0.4, 0.5) is 8.78 Å². The summed E-state index contributed by atoms with van der Waals surface area (Å²) in [7, 11) is 0. The summed E-state index contributed by atoms with van der Waals surface area (Å²) in [6.45, 7) is 6.12. The van der Waals surface area contributed by atoms with Crippen molar-refractivity contribution in [2.45, 2.75) is 20.7 Å². The van der Waals surface area contributed by atoms with E-state index in [-0.39, 0.29) is 11.6 Å². The summed E-state index contributed by atoms with van der Waals surface area (Å²) in [6, 6.07) is 15.1. The highest BCUT2D eigenvalue weighted by Crippen LogP contribution is 2.07. The monoisotopic (exact) mass is 312 g/mol. The highest BCUT2D eigenvalue weighted by Gasteiger charge is 2.38. The Kier molecular flexibility index (Phi) is 3.80. The van der Waals surface area contributed by atoms with Crippen molar-refractivity contribution in [1.82, 2.24) is 5.10 Å². The molecule has 2 aromatic carbocycles. The summed E-state index contributed by atoms with van der Waals surface area (Å²) < 4.78 is 28.8. The Morgan fingerprint density at radius 3 is 1.61 bits per heavy atom. The molecule has 0 saturated heterocycles. The molecule has 23 heavy (non-hydrogen) atoms. The van der Waals surface area contributed by atoms with Gasteiger partial charge in [-0.05, 0) is 31.2 Å². The van der Waals surface area contributed by atoms with Crippen molar-refractivity contribution < 1.29 is 13.4 Å². The number of H-pyrrole nitrogens is 1. The molecule has 0 saturated carbocycles. The van der Waals surface area contributed by atoms with E-state index in [0.717, 1.165) is 22.3 Å². The van der Waals surface area contributed by atoms with Crippen LogP contribution in [0, 0.1) is 25.5 Å². The van der Waals surface area contributed by atoms with Gasteiger partial charge in [0.05, 0.1) is 5.69 Å². The van der Waals surface area contributed by atoms with E-state index in [1.54, 1.807) is 24.3 Å². The van der Waals surface area contributed by atoms with Crippen molar-refractivity contribution in [1.29, 1.82) is 0 Å². The number of benzene rings is 2. The second-order valence-electron chi connectivity index (χ2n) is 6.29. The molecule has 5 heteroatoms. The minimum absolute atomic E-state index is 0.268. The number of rotatable bonds is 3. The van der Waals surface area contributed by atoms with Gasteiger partial charge >= 0.3 is 6.28 Å². The number of aryl methyl sites for hydroxylation is 2. The third-order valence-electron chi connectivity index (χ3n) is 4.66. The molecule has 0 spiro atoms. The maximum atomic E-state index is 13.4. The third-order valence-corrected chi connectivity index (χ3v) is 4.66. The second-order valence-corrected chi connectivity index (χ2v) is 6.29. The van der Waals surface area contributed by atoms with Gasteiger partial charge in [0.25, 0.3) is 0 Å². The van der Waals surface area contributed by atoms with Crippen molar-refractivity contribution in [2.75, 3.05) is 0 Å². The summed E-state index contributed by atoms with van der Waals surface area (Å²) in [5, 5.41) is 3.37. The van der Waals surface area contributed by atoms with E-state index in [1.807, 2.05) is 13.8 Å². The minimum Gasteiger partial charge on any atom is -0.324 e. The lowest BCUT2D eigenvalue weighted by molar-refractivity contribution is -0.611. The van der Waals surface area contributed by atoms with Gasteiger partial charge in [0.1, 0.15) is 17.3 Å². The topological polar surface area (TPSA) is 19.7 Å². The van der Waals surface area contributed by atoms with Crippen LogP contribution in [0.25, 0.3) is 0 Å². The van der Waals surface area contributed by atoms with Crippen molar-refractivity contribution in [3.05, 3.63) is 77.6 Å². The predicted octanol–water partition coefficient (Wildman–Crippen LogP) is 2.44. The molecule has 0 radical (unpaired) electrons. The number of hydrogen-bond donors (Lipinski definition) is 1. The molecule has 0 bridgehead atoms. The maximum absolute atomic E-state index is 13.4. The minimum atomic E-state index is -1.42. The molecule has 1 N–H and O–H groups in total. The van der Waals surface area contributed by atoms with Crippen molar-refractivity contribution in [3.63, 3.8) is 0 Å². The fraction of sp³-hybridized carbons (Fsp3) is 0.167. The van der Waals surface area contributed by atoms with Crippen LogP contribution in [0.15, 0.2) is 54.6 Å². The van der Waals surface area contributed by atoms with Crippen LogP contribution >= 0.6 is 0 Å². The lowest BCUT2D eigenvalue weighted by atomic mass is 9.29. The van der Waals surface area contributed by atoms with Gasteiger partial charge in [0, 0.05) is 13.0 Å². The zero-order valence-electron chi connectivity index (χ0n) is 13.5. The fourth-order valence-electron chi connectivity index (χ4n) is 3.40. The van der Waals surface area contributed by atoms with Gasteiger partial charge in [0.15, 0.2) is 0 Å². The lowest BCUT2D eigenvalue weighted by Crippen LogP contribution is -2.78. The second kappa shape index (κ2) is 5.65. The average molecular weight is 312 g/mol.